The monoisotopic (exact) mass is 242 g/mol. The third kappa shape index (κ3) is 5.84. The van der Waals surface area contributed by atoms with Gasteiger partial charge in [-0.2, -0.15) is 0 Å². The first-order chi connectivity index (χ1) is 7.93. The summed E-state index contributed by atoms with van der Waals surface area (Å²) in [6, 6.07) is 0.592. The summed E-state index contributed by atoms with van der Waals surface area (Å²) < 4.78 is 0. The van der Waals surface area contributed by atoms with Gasteiger partial charge in [-0.1, -0.05) is 20.8 Å². The van der Waals surface area contributed by atoms with E-state index in [-0.39, 0.29) is 0 Å². The predicted molar refractivity (Wildman–Crippen MR) is 73.2 cm³/mol. The van der Waals surface area contributed by atoms with Crippen LogP contribution >= 0.6 is 0 Å². The minimum Gasteiger partial charge on any atom is -0.389 e. The van der Waals surface area contributed by atoms with Gasteiger partial charge < -0.3 is 15.3 Å². The summed E-state index contributed by atoms with van der Waals surface area (Å²) in [5.74, 6) is 0.820. The van der Waals surface area contributed by atoms with Gasteiger partial charge in [-0.05, 0) is 51.7 Å². The Labute approximate surface area is 107 Å². The maximum Gasteiger partial charge on any atom is 0.0743 e. The number of piperidine rings is 1. The normalized spacial score (nSPS) is 22.9. The van der Waals surface area contributed by atoms with E-state index in [0.717, 1.165) is 38.5 Å². The average Bonchev–Trinajstić information content (AvgIpc) is 2.28. The molecule has 0 aliphatic carbocycles. The maximum atomic E-state index is 10.1. The number of β-amino-alcohol motifs (C(OH)–C–C–N with tert-alkyl or cyclic N) is 1. The van der Waals surface area contributed by atoms with Crippen LogP contribution in [-0.4, -0.2) is 47.8 Å². The Kier molecular flexibility index (Phi) is 5.90. The van der Waals surface area contributed by atoms with Gasteiger partial charge >= 0.3 is 0 Å². The highest BCUT2D eigenvalue weighted by Crippen LogP contribution is 2.19. The molecule has 0 saturated carbocycles. The van der Waals surface area contributed by atoms with E-state index in [1.807, 2.05) is 6.92 Å². The summed E-state index contributed by atoms with van der Waals surface area (Å²) in [7, 11) is 0. The topological polar surface area (TPSA) is 35.5 Å². The Morgan fingerprint density at radius 1 is 1.35 bits per heavy atom. The molecule has 0 aromatic rings. The largest absolute Gasteiger partial charge is 0.389 e. The molecule has 0 bridgehead atoms. The molecule has 0 amide bonds. The van der Waals surface area contributed by atoms with E-state index in [1.54, 1.807) is 0 Å². The van der Waals surface area contributed by atoms with Crippen LogP contribution in [0.15, 0.2) is 0 Å². The second kappa shape index (κ2) is 6.72. The van der Waals surface area contributed by atoms with Crippen LogP contribution in [0.25, 0.3) is 0 Å². The van der Waals surface area contributed by atoms with Crippen LogP contribution in [0.3, 0.4) is 0 Å². The van der Waals surface area contributed by atoms with Crippen molar-refractivity contribution >= 4 is 0 Å². The van der Waals surface area contributed by atoms with Gasteiger partial charge in [0.05, 0.1) is 5.60 Å². The average molecular weight is 242 g/mol. The van der Waals surface area contributed by atoms with E-state index < -0.39 is 5.60 Å². The zero-order valence-electron chi connectivity index (χ0n) is 12.0. The minimum atomic E-state index is -0.511. The number of nitrogens with one attached hydrogen (secondary N) is 1. The second-order valence-electron chi connectivity index (χ2n) is 6.13. The van der Waals surface area contributed by atoms with Crippen molar-refractivity contribution in [3.05, 3.63) is 0 Å². The highest BCUT2D eigenvalue weighted by molar-refractivity contribution is 4.80. The van der Waals surface area contributed by atoms with Crippen LogP contribution < -0.4 is 5.32 Å². The van der Waals surface area contributed by atoms with Crippen molar-refractivity contribution in [1.82, 2.24) is 10.2 Å². The minimum absolute atomic E-state index is 0.511. The first-order valence-corrected chi connectivity index (χ1v) is 7.11. The molecule has 1 heterocycles. The van der Waals surface area contributed by atoms with Crippen molar-refractivity contribution in [2.45, 2.75) is 58.6 Å². The molecule has 1 atom stereocenters. The molecule has 3 heteroatoms. The Bertz CT molecular complexity index is 208. The standard InChI is InChI=1S/C14H30N2O/c1-5-14(4,17)11-16-8-6-13(7-9-16)10-15-12(2)3/h12-13,15,17H,5-11H2,1-4H3. The summed E-state index contributed by atoms with van der Waals surface area (Å²) in [5.41, 5.74) is -0.511. The van der Waals surface area contributed by atoms with Gasteiger partial charge in [0.1, 0.15) is 0 Å². The zero-order valence-corrected chi connectivity index (χ0v) is 12.0. The SMILES string of the molecule is CCC(C)(O)CN1CCC(CNC(C)C)CC1. The van der Waals surface area contributed by atoms with Crippen LogP contribution in [0, 0.1) is 5.92 Å². The molecule has 1 rings (SSSR count). The molecule has 2 N–H and O–H groups in total. The smallest absolute Gasteiger partial charge is 0.0743 e. The van der Waals surface area contributed by atoms with Crippen LogP contribution in [0.1, 0.15) is 47.0 Å². The number of likely N-dealkylation sites (tertiary alicyclic amines) is 1. The van der Waals surface area contributed by atoms with E-state index in [2.05, 4.69) is 31.0 Å². The summed E-state index contributed by atoms with van der Waals surface area (Å²) in [6.45, 7) is 12.7. The molecule has 1 saturated heterocycles. The predicted octanol–water partition coefficient (Wildman–Crippen LogP) is 1.86. The molecular weight excluding hydrogens is 212 g/mol. The fourth-order valence-electron chi connectivity index (χ4n) is 2.34. The van der Waals surface area contributed by atoms with E-state index in [4.69, 9.17) is 0 Å². The lowest BCUT2D eigenvalue weighted by Gasteiger charge is -2.36. The van der Waals surface area contributed by atoms with E-state index in [1.165, 1.54) is 12.8 Å². The van der Waals surface area contributed by atoms with Crippen LogP contribution in [0.2, 0.25) is 0 Å². The molecule has 3 nitrogen and oxygen atoms in total. The van der Waals surface area contributed by atoms with Gasteiger partial charge in [-0.25, -0.2) is 0 Å². The molecule has 17 heavy (non-hydrogen) atoms. The molecule has 0 radical (unpaired) electrons. The highest BCUT2D eigenvalue weighted by Gasteiger charge is 2.25. The Morgan fingerprint density at radius 3 is 2.41 bits per heavy atom. The number of aliphatic hydroxyl groups is 1. The summed E-state index contributed by atoms with van der Waals surface area (Å²) in [5, 5.41) is 13.6. The van der Waals surface area contributed by atoms with E-state index in [0.29, 0.717) is 6.04 Å². The molecule has 0 aromatic carbocycles. The molecule has 1 unspecified atom stereocenters. The molecular formula is C14H30N2O. The fourth-order valence-corrected chi connectivity index (χ4v) is 2.34. The summed E-state index contributed by atoms with van der Waals surface area (Å²) in [4.78, 5) is 2.41. The van der Waals surface area contributed by atoms with Crippen LogP contribution in [0.5, 0.6) is 0 Å². The van der Waals surface area contributed by atoms with Gasteiger partial charge in [0.15, 0.2) is 0 Å². The molecule has 1 fully saturated rings. The van der Waals surface area contributed by atoms with Crippen molar-refractivity contribution in [2.75, 3.05) is 26.2 Å². The number of nitrogens with zero attached hydrogens (tertiary/aromatic N) is 1. The Balaban J connectivity index is 2.21. The Hall–Kier alpha value is -0.120. The lowest BCUT2D eigenvalue weighted by atomic mass is 9.94. The van der Waals surface area contributed by atoms with Gasteiger partial charge in [0.25, 0.3) is 0 Å². The van der Waals surface area contributed by atoms with Gasteiger partial charge in [-0.15, -0.1) is 0 Å². The Morgan fingerprint density at radius 2 is 1.94 bits per heavy atom. The van der Waals surface area contributed by atoms with E-state index in [9.17, 15) is 5.11 Å². The molecule has 1 aliphatic rings. The molecule has 0 spiro atoms. The maximum absolute atomic E-state index is 10.1. The number of hydrogen-bond donors (Lipinski definition) is 2. The second-order valence-corrected chi connectivity index (χ2v) is 6.13. The van der Waals surface area contributed by atoms with Gasteiger partial charge in [-0.3, -0.25) is 0 Å². The van der Waals surface area contributed by atoms with Gasteiger partial charge in [0.2, 0.25) is 0 Å². The van der Waals surface area contributed by atoms with Crippen molar-refractivity contribution in [3.63, 3.8) is 0 Å². The number of hydrogen-bond acceptors (Lipinski definition) is 3. The van der Waals surface area contributed by atoms with Crippen LogP contribution in [-0.2, 0) is 0 Å². The third-order valence-electron chi connectivity index (χ3n) is 3.85. The number of rotatable bonds is 6. The van der Waals surface area contributed by atoms with E-state index >= 15 is 0 Å². The first-order valence-electron chi connectivity index (χ1n) is 7.11. The summed E-state index contributed by atoms with van der Waals surface area (Å²) in [6.07, 6.45) is 3.36. The highest BCUT2D eigenvalue weighted by atomic mass is 16.3. The molecule has 0 aromatic heterocycles. The van der Waals surface area contributed by atoms with Crippen molar-refractivity contribution in [3.8, 4) is 0 Å². The van der Waals surface area contributed by atoms with Crippen molar-refractivity contribution < 1.29 is 5.11 Å². The quantitative estimate of drug-likeness (QED) is 0.746. The van der Waals surface area contributed by atoms with Crippen molar-refractivity contribution in [2.24, 2.45) is 5.92 Å². The molecule has 1 aliphatic heterocycles. The van der Waals surface area contributed by atoms with Crippen LogP contribution in [0.4, 0.5) is 0 Å². The van der Waals surface area contributed by atoms with Crippen molar-refractivity contribution in [1.29, 1.82) is 0 Å². The van der Waals surface area contributed by atoms with Gasteiger partial charge in [0, 0.05) is 12.6 Å². The third-order valence-corrected chi connectivity index (χ3v) is 3.85. The zero-order chi connectivity index (χ0) is 12.9. The summed E-state index contributed by atoms with van der Waals surface area (Å²) >= 11 is 0. The lowest BCUT2D eigenvalue weighted by molar-refractivity contribution is 0.00658. The fraction of sp³-hybridized carbons (Fsp3) is 1.00. The first kappa shape index (κ1) is 14.9. The molecule has 102 valence electrons. The lowest BCUT2D eigenvalue weighted by Crippen LogP contribution is -2.45.